The number of para-hydroxylation sites is 1. The highest BCUT2D eigenvalue weighted by Gasteiger charge is 2.14. The third kappa shape index (κ3) is 5.24. The number of carbonyl (C=O) groups is 2. The van der Waals surface area contributed by atoms with E-state index in [9.17, 15) is 9.59 Å². The molecular weight excluding hydrogens is 334 g/mol. The number of amides is 1. The Kier molecular flexibility index (Phi) is 7.02. The molecule has 2 N–H and O–H groups in total. The fourth-order valence-corrected chi connectivity index (χ4v) is 2.40. The van der Waals surface area contributed by atoms with Crippen molar-refractivity contribution in [2.75, 3.05) is 18.5 Å². The highest BCUT2D eigenvalue weighted by atomic mass is 16.5. The van der Waals surface area contributed by atoms with Crippen LogP contribution in [0.15, 0.2) is 42.5 Å². The maximum atomic E-state index is 12.6. The second-order valence-corrected chi connectivity index (χ2v) is 5.62. The number of aliphatic carboxylic acids is 1. The number of rotatable bonds is 9. The molecule has 2 aromatic carbocycles. The Morgan fingerprint density at radius 1 is 1.04 bits per heavy atom. The first-order valence-electron chi connectivity index (χ1n) is 8.55. The number of carboxylic acid groups (broad SMARTS) is 1. The van der Waals surface area contributed by atoms with Gasteiger partial charge in [0.05, 0.1) is 19.6 Å². The predicted octanol–water partition coefficient (Wildman–Crippen LogP) is 3.75. The number of anilines is 1. The monoisotopic (exact) mass is 357 g/mol. The van der Waals surface area contributed by atoms with Gasteiger partial charge >= 0.3 is 5.97 Å². The summed E-state index contributed by atoms with van der Waals surface area (Å²) in [5, 5.41) is 11.8. The summed E-state index contributed by atoms with van der Waals surface area (Å²) in [6, 6.07) is 11.8. The normalized spacial score (nSPS) is 10.2. The molecule has 0 heterocycles. The molecule has 0 radical (unpaired) electrons. The van der Waals surface area contributed by atoms with Crippen molar-refractivity contribution in [2.45, 2.75) is 26.7 Å². The Morgan fingerprint density at radius 2 is 1.81 bits per heavy atom. The molecule has 2 rings (SSSR count). The average molecular weight is 357 g/mol. The highest BCUT2D eigenvalue weighted by molar-refractivity contribution is 6.05. The fraction of sp³-hybridized carbons (Fsp3) is 0.300. The largest absolute Gasteiger partial charge is 0.490 e. The van der Waals surface area contributed by atoms with Crippen LogP contribution in [0.1, 0.15) is 36.2 Å². The summed E-state index contributed by atoms with van der Waals surface area (Å²) in [6.45, 7) is 4.89. The molecule has 0 bridgehead atoms. The first-order chi connectivity index (χ1) is 12.5. The van der Waals surface area contributed by atoms with Crippen molar-refractivity contribution in [3.8, 4) is 11.5 Å². The number of benzene rings is 2. The highest BCUT2D eigenvalue weighted by Crippen LogP contribution is 2.29. The van der Waals surface area contributed by atoms with Gasteiger partial charge < -0.3 is 19.9 Å². The van der Waals surface area contributed by atoms with Crippen LogP contribution in [0.3, 0.4) is 0 Å². The lowest BCUT2D eigenvalue weighted by Gasteiger charge is -2.14. The van der Waals surface area contributed by atoms with Crippen molar-refractivity contribution in [2.24, 2.45) is 0 Å². The van der Waals surface area contributed by atoms with Crippen LogP contribution < -0.4 is 14.8 Å². The minimum absolute atomic E-state index is 0.162. The van der Waals surface area contributed by atoms with Gasteiger partial charge in [-0.15, -0.1) is 0 Å². The summed E-state index contributed by atoms with van der Waals surface area (Å²) in [4.78, 5) is 23.6. The SMILES string of the molecule is CCCOc1ccc(C(=O)Nc2ccccc2CC(=O)O)cc1OCC. The molecule has 138 valence electrons. The minimum atomic E-state index is -0.956. The van der Waals surface area contributed by atoms with E-state index >= 15 is 0 Å². The van der Waals surface area contributed by atoms with E-state index in [1.54, 1.807) is 42.5 Å². The van der Waals surface area contributed by atoms with E-state index in [-0.39, 0.29) is 12.3 Å². The Morgan fingerprint density at radius 3 is 2.50 bits per heavy atom. The molecule has 0 saturated heterocycles. The molecule has 0 spiro atoms. The number of carbonyl (C=O) groups excluding carboxylic acids is 1. The summed E-state index contributed by atoms with van der Waals surface area (Å²) >= 11 is 0. The van der Waals surface area contributed by atoms with E-state index in [1.165, 1.54) is 0 Å². The smallest absolute Gasteiger partial charge is 0.307 e. The van der Waals surface area contributed by atoms with Crippen molar-refractivity contribution in [3.63, 3.8) is 0 Å². The van der Waals surface area contributed by atoms with Gasteiger partial charge in [-0.2, -0.15) is 0 Å². The first kappa shape index (κ1) is 19.3. The maximum absolute atomic E-state index is 12.6. The second-order valence-electron chi connectivity index (χ2n) is 5.62. The van der Waals surface area contributed by atoms with Crippen LogP contribution >= 0.6 is 0 Å². The van der Waals surface area contributed by atoms with E-state index < -0.39 is 5.97 Å². The van der Waals surface area contributed by atoms with Crippen LogP contribution in [-0.2, 0) is 11.2 Å². The molecule has 6 nitrogen and oxygen atoms in total. The summed E-state index contributed by atoms with van der Waals surface area (Å²) in [7, 11) is 0. The lowest BCUT2D eigenvalue weighted by molar-refractivity contribution is -0.136. The van der Waals surface area contributed by atoms with Crippen LogP contribution in [0.2, 0.25) is 0 Å². The van der Waals surface area contributed by atoms with Crippen LogP contribution in [0.4, 0.5) is 5.69 Å². The van der Waals surface area contributed by atoms with Crippen molar-refractivity contribution in [1.29, 1.82) is 0 Å². The molecular formula is C20H23NO5. The molecule has 6 heteroatoms. The number of hydrogen-bond donors (Lipinski definition) is 2. The second kappa shape index (κ2) is 9.46. The number of carboxylic acids is 1. The molecule has 0 aliphatic carbocycles. The topological polar surface area (TPSA) is 84.9 Å². The number of ether oxygens (including phenoxy) is 2. The van der Waals surface area contributed by atoms with Gasteiger partial charge in [0.2, 0.25) is 0 Å². The van der Waals surface area contributed by atoms with Gasteiger partial charge in [0.15, 0.2) is 11.5 Å². The Balaban J connectivity index is 2.22. The summed E-state index contributed by atoms with van der Waals surface area (Å²) < 4.78 is 11.2. The van der Waals surface area contributed by atoms with Gasteiger partial charge in [-0.25, -0.2) is 0 Å². The molecule has 0 fully saturated rings. The van der Waals surface area contributed by atoms with Gasteiger partial charge in [0.1, 0.15) is 0 Å². The number of hydrogen-bond acceptors (Lipinski definition) is 4. The summed E-state index contributed by atoms with van der Waals surface area (Å²) in [5.41, 5.74) is 1.42. The molecule has 0 aliphatic heterocycles. The van der Waals surface area contributed by atoms with Gasteiger partial charge in [0, 0.05) is 11.3 Å². The lowest BCUT2D eigenvalue weighted by atomic mass is 10.1. The zero-order valence-electron chi connectivity index (χ0n) is 15.0. The lowest BCUT2D eigenvalue weighted by Crippen LogP contribution is -2.14. The van der Waals surface area contributed by atoms with Crippen molar-refractivity contribution >= 4 is 17.6 Å². The zero-order valence-corrected chi connectivity index (χ0v) is 15.0. The van der Waals surface area contributed by atoms with E-state index in [0.29, 0.717) is 41.5 Å². The Hall–Kier alpha value is -3.02. The molecule has 26 heavy (non-hydrogen) atoms. The molecule has 0 saturated carbocycles. The van der Waals surface area contributed by atoms with Crippen molar-refractivity contribution in [1.82, 2.24) is 0 Å². The van der Waals surface area contributed by atoms with Crippen LogP contribution in [0.25, 0.3) is 0 Å². The molecule has 1 amide bonds. The van der Waals surface area contributed by atoms with Crippen LogP contribution in [0.5, 0.6) is 11.5 Å². The third-order valence-electron chi connectivity index (χ3n) is 3.57. The predicted molar refractivity (Wildman–Crippen MR) is 99.1 cm³/mol. The van der Waals surface area contributed by atoms with Crippen molar-refractivity contribution in [3.05, 3.63) is 53.6 Å². The van der Waals surface area contributed by atoms with E-state index in [0.717, 1.165) is 6.42 Å². The standard InChI is InChI=1S/C20H23NO5/c1-3-11-26-17-10-9-15(12-18(17)25-4-2)20(24)21-16-8-6-5-7-14(16)13-19(22)23/h5-10,12H,3-4,11,13H2,1-2H3,(H,21,24)(H,22,23). The van der Waals surface area contributed by atoms with Crippen LogP contribution in [0, 0.1) is 0 Å². The fourth-order valence-electron chi connectivity index (χ4n) is 2.40. The van der Waals surface area contributed by atoms with Crippen molar-refractivity contribution < 1.29 is 24.2 Å². The Bertz CT molecular complexity index is 773. The average Bonchev–Trinajstić information content (AvgIpc) is 2.62. The molecule has 0 aliphatic rings. The number of nitrogens with one attached hydrogen (secondary N) is 1. The van der Waals surface area contributed by atoms with Gasteiger partial charge in [0.25, 0.3) is 5.91 Å². The van der Waals surface area contributed by atoms with Gasteiger partial charge in [-0.3, -0.25) is 9.59 Å². The molecule has 0 aromatic heterocycles. The van der Waals surface area contributed by atoms with E-state index in [1.807, 2.05) is 13.8 Å². The third-order valence-corrected chi connectivity index (χ3v) is 3.57. The molecule has 0 unspecified atom stereocenters. The van der Waals surface area contributed by atoms with Crippen LogP contribution in [-0.4, -0.2) is 30.2 Å². The van der Waals surface area contributed by atoms with E-state index in [2.05, 4.69) is 5.32 Å². The van der Waals surface area contributed by atoms with E-state index in [4.69, 9.17) is 14.6 Å². The Labute approximate surface area is 152 Å². The maximum Gasteiger partial charge on any atom is 0.307 e. The minimum Gasteiger partial charge on any atom is -0.490 e. The first-order valence-corrected chi connectivity index (χ1v) is 8.55. The van der Waals surface area contributed by atoms with Gasteiger partial charge in [-0.1, -0.05) is 25.1 Å². The molecule has 2 aromatic rings. The zero-order chi connectivity index (χ0) is 18.9. The summed E-state index contributed by atoms with van der Waals surface area (Å²) in [6.07, 6.45) is 0.707. The van der Waals surface area contributed by atoms with Gasteiger partial charge in [-0.05, 0) is 43.2 Å². The molecule has 0 atom stereocenters. The summed E-state index contributed by atoms with van der Waals surface area (Å²) in [5.74, 6) is -0.197. The quantitative estimate of drug-likeness (QED) is 0.714.